The summed E-state index contributed by atoms with van der Waals surface area (Å²) < 4.78 is 8.58. The molecule has 0 aliphatic rings. The maximum Gasteiger partial charge on any atom is 0.348 e. The van der Waals surface area contributed by atoms with Gasteiger partial charge >= 0.3 is 5.97 Å². The number of nitriles is 1. The second-order valence-electron chi connectivity index (χ2n) is 4.44. The van der Waals surface area contributed by atoms with E-state index in [2.05, 4.69) is 9.72 Å². The summed E-state index contributed by atoms with van der Waals surface area (Å²) in [6.45, 7) is 1.65. The Morgan fingerprint density at radius 1 is 1.48 bits per heavy atom. The topological polar surface area (TPSA) is 72.8 Å². The summed E-state index contributed by atoms with van der Waals surface area (Å²) in [5.41, 5.74) is 0.801. The van der Waals surface area contributed by atoms with Crippen LogP contribution in [0.4, 0.5) is 0 Å². The number of hydrogen-bond acceptors (Lipinski definition) is 4. The van der Waals surface area contributed by atoms with Crippen molar-refractivity contribution in [1.82, 2.24) is 14.1 Å². The van der Waals surface area contributed by atoms with E-state index in [0.717, 1.165) is 25.2 Å². The number of imidazole rings is 1. The van der Waals surface area contributed by atoms with Crippen molar-refractivity contribution < 1.29 is 9.53 Å². The molecule has 0 radical (unpaired) electrons. The van der Waals surface area contributed by atoms with Crippen LogP contribution in [0, 0.1) is 11.3 Å². The van der Waals surface area contributed by atoms with E-state index in [1.165, 1.54) is 7.11 Å². The van der Waals surface area contributed by atoms with Crippen molar-refractivity contribution in [2.24, 2.45) is 0 Å². The molecule has 0 aromatic carbocycles. The summed E-state index contributed by atoms with van der Waals surface area (Å²) in [6, 6.07) is 5.60. The lowest BCUT2D eigenvalue weighted by molar-refractivity contribution is -0.135. The smallest absolute Gasteiger partial charge is 0.348 e. The van der Waals surface area contributed by atoms with Gasteiger partial charge in [0.2, 0.25) is 0 Å². The summed E-state index contributed by atoms with van der Waals surface area (Å²) in [4.78, 5) is 15.4. The zero-order valence-corrected chi connectivity index (χ0v) is 11.8. The normalized spacial score (nSPS) is 11.1. The number of carbonyl (C=O) groups excluding carboxylic acids is 1. The van der Waals surface area contributed by atoms with E-state index < -0.39 is 5.97 Å². The number of aryl methyl sites for hydroxylation is 2. The van der Waals surface area contributed by atoms with Gasteiger partial charge in [-0.2, -0.15) is 5.26 Å². The monoisotopic (exact) mass is 284 g/mol. The molecule has 0 spiro atoms. The summed E-state index contributed by atoms with van der Waals surface area (Å²) in [5.74, 6) is -0.622. The van der Waals surface area contributed by atoms with Crippen molar-refractivity contribution in [1.29, 1.82) is 5.26 Å². The van der Waals surface area contributed by atoms with Crippen LogP contribution in [0.1, 0.15) is 12.1 Å². The molecule has 0 atom stereocenters. The number of methoxy groups -OCH3 is 1. The molecular weight excluding hydrogens is 268 g/mol. The first-order chi connectivity index (χ1) is 10.2. The van der Waals surface area contributed by atoms with Crippen LogP contribution >= 0.6 is 0 Å². The third kappa shape index (κ3) is 3.83. The lowest BCUT2D eigenvalue weighted by atomic mass is 10.2. The summed E-state index contributed by atoms with van der Waals surface area (Å²) in [7, 11) is 1.26. The molecule has 0 saturated carbocycles. The van der Waals surface area contributed by atoms with Crippen LogP contribution in [0.15, 0.2) is 42.6 Å². The molecule has 0 saturated heterocycles. The van der Waals surface area contributed by atoms with Gasteiger partial charge in [0.1, 0.15) is 11.6 Å². The number of aromatic nitrogens is 3. The molecular formula is C15H16N4O2. The molecule has 2 aromatic rings. The van der Waals surface area contributed by atoms with Crippen LogP contribution in [0.3, 0.4) is 0 Å². The molecule has 6 heteroatoms. The van der Waals surface area contributed by atoms with E-state index in [1.807, 2.05) is 39.7 Å². The van der Waals surface area contributed by atoms with Gasteiger partial charge in [0.05, 0.1) is 13.4 Å². The summed E-state index contributed by atoms with van der Waals surface area (Å²) in [6.07, 6.45) is 9.84. The van der Waals surface area contributed by atoms with Crippen molar-refractivity contribution in [2.45, 2.75) is 19.5 Å². The molecule has 21 heavy (non-hydrogen) atoms. The standard InChI is InChI=1S/C15H16N4O2/c1-21-15(20)13(11-16)10-14-4-2-7-19(14)8-3-6-18-9-5-17-12-18/h2,4-5,7,9-10,12H,3,6,8H2,1H3/b13-10-. The molecule has 0 fully saturated rings. The van der Waals surface area contributed by atoms with E-state index in [1.54, 1.807) is 18.6 Å². The number of nitrogens with zero attached hydrogens (tertiary/aromatic N) is 4. The highest BCUT2D eigenvalue weighted by Crippen LogP contribution is 2.10. The second-order valence-corrected chi connectivity index (χ2v) is 4.44. The maximum absolute atomic E-state index is 11.4. The Bertz CT molecular complexity index is 662. The maximum atomic E-state index is 11.4. The van der Waals surface area contributed by atoms with E-state index in [9.17, 15) is 4.79 Å². The number of rotatable bonds is 6. The minimum Gasteiger partial charge on any atom is -0.465 e. The van der Waals surface area contributed by atoms with Gasteiger partial charge in [-0.3, -0.25) is 0 Å². The van der Waals surface area contributed by atoms with Crippen LogP contribution in [0.2, 0.25) is 0 Å². The Morgan fingerprint density at radius 3 is 3.00 bits per heavy atom. The van der Waals surface area contributed by atoms with Crippen LogP contribution in [0.25, 0.3) is 6.08 Å². The largest absolute Gasteiger partial charge is 0.465 e. The van der Waals surface area contributed by atoms with Crippen molar-refractivity contribution in [3.8, 4) is 6.07 Å². The van der Waals surface area contributed by atoms with Gasteiger partial charge in [-0.1, -0.05) is 0 Å². The lowest BCUT2D eigenvalue weighted by Crippen LogP contribution is -2.06. The molecule has 0 N–H and O–H groups in total. The van der Waals surface area contributed by atoms with Gasteiger partial charge < -0.3 is 13.9 Å². The van der Waals surface area contributed by atoms with Crippen molar-refractivity contribution in [3.63, 3.8) is 0 Å². The molecule has 108 valence electrons. The van der Waals surface area contributed by atoms with Crippen molar-refractivity contribution in [2.75, 3.05) is 7.11 Å². The first-order valence-corrected chi connectivity index (χ1v) is 6.55. The number of ether oxygens (including phenoxy) is 1. The molecule has 0 amide bonds. The van der Waals surface area contributed by atoms with Gasteiger partial charge in [0.25, 0.3) is 0 Å². The van der Waals surface area contributed by atoms with E-state index in [-0.39, 0.29) is 5.57 Å². The fourth-order valence-corrected chi connectivity index (χ4v) is 2.00. The fourth-order valence-electron chi connectivity index (χ4n) is 2.00. The van der Waals surface area contributed by atoms with E-state index in [0.29, 0.717) is 0 Å². The first-order valence-electron chi connectivity index (χ1n) is 6.55. The highest BCUT2D eigenvalue weighted by atomic mass is 16.5. The van der Waals surface area contributed by atoms with Crippen LogP contribution < -0.4 is 0 Å². The lowest BCUT2D eigenvalue weighted by Gasteiger charge is -2.07. The van der Waals surface area contributed by atoms with Gasteiger partial charge in [0, 0.05) is 37.4 Å². The molecule has 2 aromatic heterocycles. The minimum absolute atomic E-state index is 0.00735. The summed E-state index contributed by atoms with van der Waals surface area (Å²) in [5, 5.41) is 8.98. The van der Waals surface area contributed by atoms with Gasteiger partial charge in [0.15, 0.2) is 0 Å². The third-order valence-corrected chi connectivity index (χ3v) is 3.06. The molecule has 0 aliphatic carbocycles. The molecule has 0 unspecified atom stereocenters. The predicted molar refractivity (Wildman–Crippen MR) is 76.9 cm³/mol. The SMILES string of the molecule is COC(=O)/C(C#N)=C\c1cccn1CCCn1ccnc1. The fraction of sp³-hybridized carbons (Fsp3) is 0.267. The average Bonchev–Trinajstić information content (AvgIpc) is 3.16. The third-order valence-electron chi connectivity index (χ3n) is 3.06. The number of esters is 1. The van der Waals surface area contributed by atoms with E-state index in [4.69, 9.17) is 5.26 Å². The second kappa shape index (κ2) is 7.10. The highest BCUT2D eigenvalue weighted by molar-refractivity contribution is 5.97. The highest BCUT2D eigenvalue weighted by Gasteiger charge is 2.09. The zero-order valence-electron chi connectivity index (χ0n) is 11.8. The van der Waals surface area contributed by atoms with E-state index >= 15 is 0 Å². The molecule has 2 rings (SSSR count). The van der Waals surface area contributed by atoms with Gasteiger partial charge in [-0.25, -0.2) is 9.78 Å². The Balaban J connectivity index is 2.03. The first kappa shape index (κ1) is 14.6. The Hall–Kier alpha value is -2.81. The van der Waals surface area contributed by atoms with Crippen LogP contribution in [0.5, 0.6) is 0 Å². The Kier molecular flexibility index (Phi) is 4.94. The molecule has 0 aliphatic heterocycles. The van der Waals surface area contributed by atoms with Crippen LogP contribution in [-0.2, 0) is 22.6 Å². The number of carbonyl (C=O) groups is 1. The number of hydrogen-bond donors (Lipinski definition) is 0. The molecule has 6 nitrogen and oxygen atoms in total. The van der Waals surface area contributed by atoms with Crippen LogP contribution in [-0.4, -0.2) is 27.2 Å². The predicted octanol–water partition coefficient (Wildman–Crippen LogP) is 1.85. The van der Waals surface area contributed by atoms with Crippen molar-refractivity contribution >= 4 is 12.0 Å². The quantitative estimate of drug-likeness (QED) is 0.461. The summed E-state index contributed by atoms with van der Waals surface area (Å²) >= 11 is 0. The van der Waals surface area contributed by atoms with Crippen molar-refractivity contribution in [3.05, 3.63) is 48.3 Å². The Morgan fingerprint density at radius 2 is 2.33 bits per heavy atom. The minimum atomic E-state index is -0.622. The zero-order chi connectivity index (χ0) is 15.1. The molecule has 0 bridgehead atoms. The van der Waals surface area contributed by atoms with Gasteiger partial charge in [-0.15, -0.1) is 0 Å². The average molecular weight is 284 g/mol. The van der Waals surface area contributed by atoms with Gasteiger partial charge in [-0.05, 0) is 24.6 Å². The Labute approximate surface area is 122 Å². The molecule has 2 heterocycles.